The Balaban J connectivity index is 0. The fourth-order valence-corrected chi connectivity index (χ4v) is 0.206. The predicted octanol–water partition coefficient (Wildman–Crippen LogP) is -1.89. The predicted molar refractivity (Wildman–Crippen MR) is 36.2 cm³/mol. The summed E-state index contributed by atoms with van der Waals surface area (Å²) in [5.74, 6) is 0. The number of nitrogens with zero attached hydrogens (tertiary/aromatic N) is 2. The average Bonchev–Trinajstić information content (AvgIpc) is 1.84. The van der Waals surface area contributed by atoms with Crippen molar-refractivity contribution in [3.05, 3.63) is 9.81 Å². The molecule has 0 bridgehead atoms. The van der Waals surface area contributed by atoms with E-state index >= 15 is 0 Å². The maximum atomic E-state index is 8.05. The second-order valence-electron chi connectivity index (χ2n) is 0.921. The molecule has 0 aliphatic rings. The molecule has 0 radical (unpaired) electrons. The van der Waals surface area contributed by atoms with Crippen molar-refractivity contribution in [2.75, 3.05) is 0 Å². The molecule has 0 atom stereocenters. The summed E-state index contributed by atoms with van der Waals surface area (Å²) in [4.78, 5) is 0.103. The zero-order valence-corrected chi connectivity index (χ0v) is 8.58. The molecule has 2 nitrogen and oxygen atoms in total. The van der Waals surface area contributed by atoms with Crippen LogP contribution < -0.4 is 29.6 Å². The topological polar surface area (TPSA) is 47.6 Å². The van der Waals surface area contributed by atoms with Crippen LogP contribution in [0.15, 0.2) is 9.81 Å². The van der Waals surface area contributed by atoms with Crippen molar-refractivity contribution >= 4 is 25.3 Å². The molecular formula is C4H2N2NaS2+. The Kier molecular flexibility index (Phi) is 8.81. The first kappa shape index (κ1) is 12.1. The van der Waals surface area contributed by atoms with Crippen molar-refractivity contribution < 1.29 is 29.6 Å². The van der Waals surface area contributed by atoms with E-state index in [-0.39, 0.29) is 39.4 Å². The fourth-order valence-electron chi connectivity index (χ4n) is 0.106. The van der Waals surface area contributed by atoms with Crippen LogP contribution in [0.2, 0.25) is 0 Å². The summed E-state index contributed by atoms with van der Waals surface area (Å²) in [6.45, 7) is 0. The molecular weight excluding hydrogens is 163 g/mol. The molecule has 0 fully saturated rings. The molecule has 0 saturated heterocycles. The van der Waals surface area contributed by atoms with Crippen molar-refractivity contribution in [3.63, 3.8) is 0 Å². The van der Waals surface area contributed by atoms with Gasteiger partial charge in [0, 0.05) is 0 Å². The summed E-state index contributed by atoms with van der Waals surface area (Å²) < 4.78 is 0. The van der Waals surface area contributed by atoms with Gasteiger partial charge in [0.2, 0.25) is 0 Å². The molecule has 0 aromatic rings. The van der Waals surface area contributed by atoms with Gasteiger partial charge in [-0.25, -0.2) is 0 Å². The molecule has 0 aromatic carbocycles. The summed E-state index contributed by atoms with van der Waals surface area (Å²) in [5, 5.41) is 16.1. The molecule has 0 N–H and O–H groups in total. The molecule has 5 heteroatoms. The van der Waals surface area contributed by atoms with Crippen LogP contribution >= 0.6 is 25.3 Å². The Morgan fingerprint density at radius 2 is 1.22 bits per heavy atom. The summed E-state index contributed by atoms with van der Waals surface area (Å²) >= 11 is 7.25. The quantitative estimate of drug-likeness (QED) is 0.250. The standard InChI is InChI=1S/C4H2N2S2.Na/c5-1-3(7)4(8)2-6;/h7-8H;/q;+1/b4-3-;. The largest absolute Gasteiger partial charge is 1.00 e. The van der Waals surface area contributed by atoms with Gasteiger partial charge >= 0.3 is 29.6 Å². The van der Waals surface area contributed by atoms with Crippen LogP contribution in [0.3, 0.4) is 0 Å². The number of nitriles is 2. The van der Waals surface area contributed by atoms with Crippen molar-refractivity contribution in [2.24, 2.45) is 0 Å². The van der Waals surface area contributed by atoms with Gasteiger partial charge in [0.1, 0.15) is 21.9 Å². The molecule has 0 heterocycles. The Bertz CT molecular complexity index is 176. The van der Waals surface area contributed by atoms with Crippen LogP contribution in [0, 0.1) is 22.7 Å². The van der Waals surface area contributed by atoms with Crippen molar-refractivity contribution in [1.82, 2.24) is 0 Å². The Hall–Kier alpha value is 0.420. The molecule has 0 rings (SSSR count). The van der Waals surface area contributed by atoms with Gasteiger partial charge in [0.05, 0.1) is 0 Å². The zero-order chi connectivity index (χ0) is 6.57. The first-order valence-corrected chi connectivity index (χ1v) is 2.54. The maximum absolute atomic E-state index is 8.05. The van der Waals surface area contributed by atoms with E-state index in [0.717, 1.165) is 0 Å². The minimum absolute atomic E-state index is 0. The minimum atomic E-state index is 0. The van der Waals surface area contributed by atoms with Crippen LogP contribution in [0.25, 0.3) is 0 Å². The van der Waals surface area contributed by atoms with Crippen LogP contribution in [0.4, 0.5) is 0 Å². The van der Waals surface area contributed by atoms with Crippen LogP contribution in [-0.2, 0) is 0 Å². The monoisotopic (exact) mass is 165 g/mol. The van der Waals surface area contributed by atoms with Crippen molar-refractivity contribution in [2.45, 2.75) is 0 Å². The maximum Gasteiger partial charge on any atom is 1.00 e. The van der Waals surface area contributed by atoms with Gasteiger partial charge in [0.25, 0.3) is 0 Å². The molecule has 0 aromatic heterocycles. The molecule has 0 spiro atoms. The van der Waals surface area contributed by atoms with Gasteiger partial charge in [0.15, 0.2) is 0 Å². The van der Waals surface area contributed by atoms with Gasteiger partial charge < -0.3 is 0 Å². The summed E-state index contributed by atoms with van der Waals surface area (Å²) in [6, 6.07) is 3.32. The van der Waals surface area contributed by atoms with E-state index in [0.29, 0.717) is 0 Å². The second-order valence-corrected chi connectivity index (χ2v) is 1.82. The normalized spacial score (nSPS) is 9.78. The molecule has 0 unspecified atom stereocenters. The van der Waals surface area contributed by atoms with Crippen molar-refractivity contribution in [1.29, 1.82) is 10.5 Å². The van der Waals surface area contributed by atoms with E-state index in [4.69, 9.17) is 10.5 Å². The Morgan fingerprint density at radius 1 is 1.00 bits per heavy atom. The number of hydrogen-bond donors (Lipinski definition) is 2. The summed E-state index contributed by atoms with van der Waals surface area (Å²) in [5.41, 5.74) is 0. The van der Waals surface area contributed by atoms with Gasteiger partial charge in [-0.3, -0.25) is 0 Å². The summed E-state index contributed by atoms with van der Waals surface area (Å²) in [7, 11) is 0. The average molecular weight is 165 g/mol. The van der Waals surface area contributed by atoms with E-state index < -0.39 is 0 Å². The van der Waals surface area contributed by atoms with E-state index in [9.17, 15) is 0 Å². The fraction of sp³-hybridized carbons (Fsp3) is 0. The van der Waals surface area contributed by atoms with Gasteiger partial charge in [-0.05, 0) is 0 Å². The SMILES string of the molecule is N#C/C(S)=C(/S)C#N.[Na+]. The van der Waals surface area contributed by atoms with Crippen LogP contribution in [-0.4, -0.2) is 0 Å². The van der Waals surface area contributed by atoms with E-state index in [2.05, 4.69) is 25.3 Å². The van der Waals surface area contributed by atoms with Gasteiger partial charge in [-0.15, -0.1) is 25.3 Å². The van der Waals surface area contributed by atoms with E-state index in [1.54, 1.807) is 12.1 Å². The van der Waals surface area contributed by atoms with Gasteiger partial charge in [-0.2, -0.15) is 10.5 Å². The third kappa shape index (κ3) is 4.90. The number of rotatable bonds is 0. The first-order valence-electron chi connectivity index (χ1n) is 1.64. The minimum Gasteiger partial charge on any atom is -0.192 e. The van der Waals surface area contributed by atoms with E-state index in [1.165, 1.54) is 0 Å². The molecule has 0 aliphatic heterocycles. The molecule has 40 valence electrons. The Morgan fingerprint density at radius 3 is 1.33 bits per heavy atom. The third-order valence-electron chi connectivity index (χ3n) is 0.436. The zero-order valence-electron chi connectivity index (χ0n) is 4.79. The third-order valence-corrected chi connectivity index (χ3v) is 1.26. The number of allylic oxidation sites excluding steroid dienone is 2. The van der Waals surface area contributed by atoms with Crippen molar-refractivity contribution in [3.8, 4) is 12.1 Å². The number of hydrogen-bond acceptors (Lipinski definition) is 4. The molecule has 0 amide bonds. The molecule has 9 heavy (non-hydrogen) atoms. The summed E-state index contributed by atoms with van der Waals surface area (Å²) in [6.07, 6.45) is 0. The van der Waals surface area contributed by atoms with Gasteiger partial charge in [-0.1, -0.05) is 0 Å². The number of thiol groups is 2. The second kappa shape index (κ2) is 6.54. The smallest absolute Gasteiger partial charge is 0.192 e. The molecule has 0 aliphatic carbocycles. The van der Waals surface area contributed by atoms with E-state index in [1.807, 2.05) is 0 Å². The van der Waals surface area contributed by atoms with Crippen LogP contribution in [0.1, 0.15) is 0 Å². The van der Waals surface area contributed by atoms with Crippen LogP contribution in [0.5, 0.6) is 0 Å². The Labute approximate surface area is 86.7 Å². The first-order chi connectivity index (χ1) is 3.72. The molecule has 0 saturated carbocycles.